The Morgan fingerprint density at radius 1 is 1.35 bits per heavy atom. The fourth-order valence-electron chi connectivity index (χ4n) is 1.69. The Kier molecular flexibility index (Phi) is 5.10. The van der Waals surface area contributed by atoms with Crippen LogP contribution in [0.4, 0.5) is 4.39 Å². The molecule has 0 aromatic heterocycles. The van der Waals surface area contributed by atoms with Crippen molar-refractivity contribution in [3.63, 3.8) is 0 Å². The molecule has 0 aliphatic carbocycles. The van der Waals surface area contributed by atoms with Crippen LogP contribution in [0.5, 0.6) is 0 Å². The predicted octanol–water partition coefficient (Wildman–Crippen LogP) is 1.80. The first-order valence-corrected chi connectivity index (χ1v) is 5.77. The van der Waals surface area contributed by atoms with Gasteiger partial charge in [-0.1, -0.05) is 12.1 Å². The van der Waals surface area contributed by atoms with Crippen LogP contribution in [0.2, 0.25) is 0 Å². The first kappa shape index (κ1) is 13.6. The molecule has 94 valence electrons. The van der Waals surface area contributed by atoms with E-state index in [1.54, 1.807) is 26.0 Å². The molecule has 0 saturated carbocycles. The summed E-state index contributed by atoms with van der Waals surface area (Å²) in [5.41, 5.74) is 7.45. The molecule has 1 aromatic rings. The van der Waals surface area contributed by atoms with E-state index in [1.807, 2.05) is 0 Å². The average Bonchev–Trinajstić information content (AvgIpc) is 2.30. The maximum absolute atomic E-state index is 13.4. The molecule has 1 rings (SSSR count). The lowest BCUT2D eigenvalue weighted by atomic mass is 10.1. The van der Waals surface area contributed by atoms with Gasteiger partial charge in [0.25, 0.3) is 0 Å². The normalized spacial score (nSPS) is 10.4. The van der Waals surface area contributed by atoms with Gasteiger partial charge in [-0.15, -0.1) is 0 Å². The fourth-order valence-corrected chi connectivity index (χ4v) is 1.69. The third-order valence-electron chi connectivity index (χ3n) is 2.59. The summed E-state index contributed by atoms with van der Waals surface area (Å²) in [5.74, 6) is -0.196. The van der Waals surface area contributed by atoms with Crippen molar-refractivity contribution in [2.75, 3.05) is 6.54 Å². The van der Waals surface area contributed by atoms with Gasteiger partial charge in [0.15, 0.2) is 0 Å². The van der Waals surface area contributed by atoms with E-state index in [4.69, 9.17) is 5.73 Å². The summed E-state index contributed by atoms with van der Waals surface area (Å²) < 4.78 is 13.4. The lowest BCUT2D eigenvalue weighted by Crippen LogP contribution is -2.23. The van der Waals surface area contributed by atoms with Crippen LogP contribution in [0.25, 0.3) is 0 Å². The second-order valence-electron chi connectivity index (χ2n) is 4.21. The summed E-state index contributed by atoms with van der Waals surface area (Å²) in [6, 6.07) is 3.51. The number of hydrogen-bond acceptors (Lipinski definition) is 2. The van der Waals surface area contributed by atoms with Crippen LogP contribution in [-0.4, -0.2) is 12.5 Å². The number of aryl methyl sites for hydroxylation is 2. The van der Waals surface area contributed by atoms with Gasteiger partial charge < -0.3 is 11.1 Å². The SMILES string of the molecule is Cc1cc(CNC(=O)CCCN)cc(C)c1F. The molecule has 0 fully saturated rings. The van der Waals surface area contributed by atoms with Crippen LogP contribution < -0.4 is 11.1 Å². The number of rotatable bonds is 5. The van der Waals surface area contributed by atoms with Crippen LogP contribution in [-0.2, 0) is 11.3 Å². The number of nitrogens with two attached hydrogens (primary N) is 1. The highest BCUT2D eigenvalue weighted by Crippen LogP contribution is 2.14. The van der Waals surface area contributed by atoms with Crippen LogP contribution in [0.3, 0.4) is 0 Å². The molecule has 0 radical (unpaired) electrons. The second kappa shape index (κ2) is 6.35. The van der Waals surface area contributed by atoms with Crippen molar-refractivity contribution in [3.05, 3.63) is 34.6 Å². The molecule has 4 heteroatoms. The van der Waals surface area contributed by atoms with E-state index in [9.17, 15) is 9.18 Å². The van der Waals surface area contributed by atoms with E-state index in [-0.39, 0.29) is 11.7 Å². The number of benzene rings is 1. The molecule has 0 aliphatic rings. The van der Waals surface area contributed by atoms with Crippen LogP contribution >= 0.6 is 0 Å². The van der Waals surface area contributed by atoms with Gasteiger partial charge in [0.05, 0.1) is 0 Å². The lowest BCUT2D eigenvalue weighted by molar-refractivity contribution is -0.121. The molecule has 1 amide bonds. The standard InChI is InChI=1S/C13H19FN2O/c1-9-6-11(7-10(2)13(9)14)8-16-12(17)4-3-5-15/h6-7H,3-5,8,15H2,1-2H3,(H,16,17). The second-order valence-corrected chi connectivity index (χ2v) is 4.21. The van der Waals surface area contributed by atoms with Gasteiger partial charge in [-0.3, -0.25) is 4.79 Å². The maximum Gasteiger partial charge on any atom is 0.220 e. The summed E-state index contributed by atoms with van der Waals surface area (Å²) in [5, 5.41) is 2.79. The molecule has 0 aliphatic heterocycles. The van der Waals surface area contributed by atoms with E-state index in [1.165, 1.54) is 0 Å². The Balaban J connectivity index is 2.55. The van der Waals surface area contributed by atoms with Gasteiger partial charge in [0.1, 0.15) is 5.82 Å². The number of carbonyl (C=O) groups excluding carboxylic acids is 1. The summed E-state index contributed by atoms with van der Waals surface area (Å²) in [7, 11) is 0. The zero-order valence-electron chi connectivity index (χ0n) is 10.3. The number of nitrogens with one attached hydrogen (secondary N) is 1. The highest BCUT2D eigenvalue weighted by atomic mass is 19.1. The monoisotopic (exact) mass is 238 g/mol. The molecule has 0 heterocycles. The summed E-state index contributed by atoms with van der Waals surface area (Å²) in [6.45, 7) is 4.40. The zero-order chi connectivity index (χ0) is 12.8. The Labute approximate surface area is 101 Å². The minimum atomic E-state index is -0.178. The molecule has 0 saturated heterocycles. The molecule has 3 N–H and O–H groups in total. The fraction of sp³-hybridized carbons (Fsp3) is 0.462. The first-order chi connectivity index (χ1) is 8.04. The average molecular weight is 238 g/mol. The molecule has 3 nitrogen and oxygen atoms in total. The minimum absolute atomic E-state index is 0.0184. The predicted molar refractivity (Wildman–Crippen MR) is 66.0 cm³/mol. The number of halogens is 1. The van der Waals surface area contributed by atoms with Gasteiger partial charge in [0.2, 0.25) is 5.91 Å². The molecular weight excluding hydrogens is 219 g/mol. The van der Waals surface area contributed by atoms with E-state index in [0.717, 1.165) is 5.56 Å². The van der Waals surface area contributed by atoms with Crippen LogP contribution in [0.15, 0.2) is 12.1 Å². The van der Waals surface area contributed by atoms with Crippen molar-refractivity contribution in [1.82, 2.24) is 5.32 Å². The highest BCUT2D eigenvalue weighted by molar-refractivity contribution is 5.75. The lowest BCUT2D eigenvalue weighted by Gasteiger charge is -2.08. The third kappa shape index (κ3) is 4.15. The van der Waals surface area contributed by atoms with Gasteiger partial charge in [0, 0.05) is 13.0 Å². The quantitative estimate of drug-likeness (QED) is 0.821. The van der Waals surface area contributed by atoms with Crippen molar-refractivity contribution < 1.29 is 9.18 Å². The molecule has 0 bridgehead atoms. The molecule has 17 heavy (non-hydrogen) atoms. The van der Waals surface area contributed by atoms with Crippen molar-refractivity contribution in [1.29, 1.82) is 0 Å². The number of amides is 1. The van der Waals surface area contributed by atoms with Gasteiger partial charge >= 0.3 is 0 Å². The molecule has 1 aromatic carbocycles. The Hall–Kier alpha value is -1.42. The Morgan fingerprint density at radius 3 is 2.47 bits per heavy atom. The van der Waals surface area contributed by atoms with E-state index >= 15 is 0 Å². The summed E-state index contributed by atoms with van der Waals surface area (Å²) in [4.78, 5) is 11.4. The zero-order valence-corrected chi connectivity index (χ0v) is 10.3. The van der Waals surface area contributed by atoms with Gasteiger partial charge in [-0.05, 0) is 43.5 Å². The summed E-state index contributed by atoms with van der Waals surface area (Å²) >= 11 is 0. The minimum Gasteiger partial charge on any atom is -0.352 e. The topological polar surface area (TPSA) is 55.1 Å². The largest absolute Gasteiger partial charge is 0.352 e. The third-order valence-corrected chi connectivity index (χ3v) is 2.59. The Bertz CT molecular complexity index is 381. The van der Waals surface area contributed by atoms with E-state index in [0.29, 0.717) is 37.1 Å². The first-order valence-electron chi connectivity index (χ1n) is 5.77. The van der Waals surface area contributed by atoms with Crippen molar-refractivity contribution in [2.24, 2.45) is 5.73 Å². The molecule has 0 atom stereocenters. The van der Waals surface area contributed by atoms with Gasteiger partial charge in [-0.2, -0.15) is 0 Å². The van der Waals surface area contributed by atoms with Crippen molar-refractivity contribution in [2.45, 2.75) is 33.2 Å². The van der Waals surface area contributed by atoms with E-state index < -0.39 is 0 Å². The maximum atomic E-state index is 13.4. The van der Waals surface area contributed by atoms with Crippen LogP contribution in [0.1, 0.15) is 29.5 Å². The summed E-state index contributed by atoms with van der Waals surface area (Å²) in [6.07, 6.45) is 1.13. The molecule has 0 spiro atoms. The smallest absolute Gasteiger partial charge is 0.220 e. The van der Waals surface area contributed by atoms with Crippen molar-refractivity contribution >= 4 is 5.91 Å². The van der Waals surface area contributed by atoms with Gasteiger partial charge in [-0.25, -0.2) is 4.39 Å². The van der Waals surface area contributed by atoms with Crippen molar-refractivity contribution in [3.8, 4) is 0 Å². The van der Waals surface area contributed by atoms with E-state index in [2.05, 4.69) is 5.32 Å². The number of hydrogen-bond donors (Lipinski definition) is 2. The molecular formula is C13H19FN2O. The Morgan fingerprint density at radius 2 is 1.94 bits per heavy atom. The van der Waals surface area contributed by atoms with Crippen LogP contribution in [0, 0.1) is 19.7 Å². The molecule has 0 unspecified atom stereocenters. The number of carbonyl (C=O) groups is 1. The highest BCUT2D eigenvalue weighted by Gasteiger charge is 2.05.